The van der Waals surface area contributed by atoms with Crippen LogP contribution in [-0.2, 0) is 16.1 Å². The first-order chi connectivity index (χ1) is 15.0. The van der Waals surface area contributed by atoms with Crippen LogP contribution < -0.4 is 4.90 Å². The Morgan fingerprint density at radius 2 is 1.94 bits per heavy atom. The summed E-state index contributed by atoms with van der Waals surface area (Å²) in [4.78, 5) is 41.8. The van der Waals surface area contributed by atoms with Crippen molar-refractivity contribution in [1.82, 2.24) is 4.90 Å². The Morgan fingerprint density at radius 3 is 2.58 bits per heavy atom. The summed E-state index contributed by atoms with van der Waals surface area (Å²) in [6.45, 7) is 1.94. The van der Waals surface area contributed by atoms with E-state index < -0.39 is 17.9 Å². The van der Waals surface area contributed by atoms with Gasteiger partial charge < -0.3 is 9.32 Å². The monoisotopic (exact) mass is 413 g/mol. The number of furan rings is 1. The van der Waals surface area contributed by atoms with E-state index in [9.17, 15) is 14.4 Å². The van der Waals surface area contributed by atoms with Crippen LogP contribution in [0.4, 0.5) is 5.69 Å². The van der Waals surface area contributed by atoms with Crippen LogP contribution in [0.2, 0.25) is 0 Å². The third-order valence-electron chi connectivity index (χ3n) is 5.19. The first kappa shape index (κ1) is 20.1. The molecule has 1 saturated heterocycles. The predicted molar refractivity (Wildman–Crippen MR) is 112 cm³/mol. The molecule has 1 aliphatic rings. The number of nitriles is 1. The van der Waals surface area contributed by atoms with Gasteiger partial charge in [-0.05, 0) is 55.5 Å². The van der Waals surface area contributed by atoms with E-state index in [-0.39, 0.29) is 18.9 Å². The average molecular weight is 413 g/mol. The highest BCUT2D eigenvalue weighted by atomic mass is 16.3. The van der Waals surface area contributed by atoms with Crippen molar-refractivity contribution in [2.45, 2.75) is 25.9 Å². The first-order valence-corrected chi connectivity index (χ1v) is 9.75. The van der Waals surface area contributed by atoms with E-state index in [1.165, 1.54) is 11.2 Å². The number of hydrogen-bond acceptors (Lipinski definition) is 5. The molecule has 1 aromatic heterocycles. The predicted octanol–water partition coefficient (Wildman–Crippen LogP) is 3.43. The summed E-state index contributed by atoms with van der Waals surface area (Å²) in [7, 11) is 0. The number of hydrogen-bond donors (Lipinski definition) is 0. The molecule has 1 unspecified atom stereocenters. The van der Waals surface area contributed by atoms with Gasteiger partial charge in [-0.3, -0.25) is 14.4 Å². The first-order valence-electron chi connectivity index (χ1n) is 9.75. The summed E-state index contributed by atoms with van der Waals surface area (Å²) in [5.41, 5.74) is 2.14. The number of aryl methyl sites for hydroxylation is 1. The highest BCUT2D eigenvalue weighted by molar-refractivity contribution is 6.23. The second kappa shape index (κ2) is 8.28. The van der Waals surface area contributed by atoms with E-state index in [0.717, 1.165) is 10.5 Å². The van der Waals surface area contributed by atoms with Crippen LogP contribution in [0, 0.1) is 18.3 Å². The van der Waals surface area contributed by atoms with Gasteiger partial charge in [0.25, 0.3) is 11.8 Å². The fourth-order valence-corrected chi connectivity index (χ4v) is 3.65. The number of carbonyl (C=O) groups excluding carboxylic acids is 3. The average Bonchev–Trinajstić information content (AvgIpc) is 3.39. The molecule has 3 amide bonds. The molecule has 0 bridgehead atoms. The van der Waals surface area contributed by atoms with Crippen molar-refractivity contribution in [2.75, 3.05) is 4.90 Å². The van der Waals surface area contributed by atoms with Crippen LogP contribution >= 0.6 is 0 Å². The van der Waals surface area contributed by atoms with E-state index in [2.05, 4.69) is 0 Å². The normalized spacial score (nSPS) is 15.7. The molecule has 0 saturated carbocycles. The van der Waals surface area contributed by atoms with Crippen LogP contribution in [0.3, 0.4) is 0 Å². The molecular formula is C24H19N3O4. The molecular weight excluding hydrogens is 394 g/mol. The minimum atomic E-state index is -0.957. The van der Waals surface area contributed by atoms with Gasteiger partial charge in [0.05, 0.1) is 36.5 Å². The highest BCUT2D eigenvalue weighted by Crippen LogP contribution is 2.28. The van der Waals surface area contributed by atoms with E-state index in [4.69, 9.17) is 9.68 Å². The minimum Gasteiger partial charge on any atom is -0.467 e. The lowest BCUT2D eigenvalue weighted by Crippen LogP contribution is -2.45. The second-order valence-electron chi connectivity index (χ2n) is 7.33. The molecule has 31 heavy (non-hydrogen) atoms. The largest absolute Gasteiger partial charge is 0.467 e. The molecule has 3 aromatic rings. The maximum atomic E-state index is 13.4. The van der Waals surface area contributed by atoms with Crippen molar-refractivity contribution in [3.8, 4) is 6.07 Å². The zero-order valence-corrected chi connectivity index (χ0v) is 16.8. The molecule has 0 spiro atoms. The molecule has 7 nitrogen and oxygen atoms in total. The molecule has 1 atom stereocenters. The van der Waals surface area contributed by atoms with Crippen LogP contribution in [0.15, 0.2) is 71.3 Å². The third-order valence-corrected chi connectivity index (χ3v) is 5.19. The SMILES string of the molecule is Cc1cccc(C(=O)N(Cc2ccco2)C2CC(=O)N(c3ccc(C#N)cc3)C2=O)c1. The van der Waals surface area contributed by atoms with Crippen molar-refractivity contribution < 1.29 is 18.8 Å². The molecule has 2 heterocycles. The van der Waals surface area contributed by atoms with Gasteiger partial charge in [0.15, 0.2) is 0 Å². The molecule has 7 heteroatoms. The number of anilines is 1. The molecule has 0 N–H and O–H groups in total. The molecule has 1 aliphatic heterocycles. The Labute approximate surface area is 179 Å². The van der Waals surface area contributed by atoms with Gasteiger partial charge in [-0.2, -0.15) is 5.26 Å². The van der Waals surface area contributed by atoms with Crippen molar-refractivity contribution in [3.05, 3.63) is 89.4 Å². The lowest BCUT2D eigenvalue weighted by atomic mass is 10.1. The number of nitrogens with zero attached hydrogens (tertiary/aromatic N) is 3. The Bertz CT molecular complexity index is 1180. The van der Waals surface area contributed by atoms with E-state index >= 15 is 0 Å². The van der Waals surface area contributed by atoms with E-state index in [0.29, 0.717) is 22.6 Å². The van der Waals surface area contributed by atoms with Crippen molar-refractivity contribution in [3.63, 3.8) is 0 Å². The van der Waals surface area contributed by atoms with Gasteiger partial charge in [-0.1, -0.05) is 17.7 Å². The summed E-state index contributed by atoms with van der Waals surface area (Å²) in [5.74, 6) is -0.727. The molecule has 4 rings (SSSR count). The molecule has 2 aromatic carbocycles. The van der Waals surface area contributed by atoms with Crippen LogP contribution in [0.5, 0.6) is 0 Å². The second-order valence-corrected chi connectivity index (χ2v) is 7.33. The Balaban J connectivity index is 1.67. The number of amides is 3. The van der Waals surface area contributed by atoms with Gasteiger partial charge in [0.1, 0.15) is 11.8 Å². The standard InChI is InChI=1S/C24H19N3O4/c1-16-4-2-5-18(12-16)23(29)26(15-20-6-3-11-31-20)21-13-22(28)27(24(21)30)19-9-7-17(14-25)8-10-19/h2-12,21H,13,15H2,1H3. The van der Waals surface area contributed by atoms with Gasteiger partial charge in [0.2, 0.25) is 5.91 Å². The summed E-state index contributed by atoms with van der Waals surface area (Å²) >= 11 is 0. The zero-order valence-electron chi connectivity index (χ0n) is 16.8. The van der Waals surface area contributed by atoms with Gasteiger partial charge >= 0.3 is 0 Å². The highest BCUT2D eigenvalue weighted by Gasteiger charge is 2.44. The molecule has 0 aliphatic carbocycles. The fraction of sp³-hybridized carbons (Fsp3) is 0.167. The lowest BCUT2D eigenvalue weighted by Gasteiger charge is -2.27. The molecule has 1 fully saturated rings. The summed E-state index contributed by atoms with van der Waals surface area (Å²) in [5, 5.41) is 8.97. The van der Waals surface area contributed by atoms with E-state index in [1.54, 1.807) is 54.6 Å². The van der Waals surface area contributed by atoms with Crippen LogP contribution in [0.1, 0.15) is 33.7 Å². The maximum absolute atomic E-state index is 13.4. The van der Waals surface area contributed by atoms with Crippen LogP contribution in [-0.4, -0.2) is 28.7 Å². The van der Waals surface area contributed by atoms with Crippen molar-refractivity contribution in [1.29, 1.82) is 5.26 Å². The zero-order chi connectivity index (χ0) is 22.0. The topological polar surface area (TPSA) is 94.6 Å². The Morgan fingerprint density at radius 1 is 1.16 bits per heavy atom. The smallest absolute Gasteiger partial charge is 0.257 e. The Hall–Kier alpha value is -4.18. The Kier molecular flexibility index (Phi) is 5.37. The van der Waals surface area contributed by atoms with Crippen molar-refractivity contribution >= 4 is 23.4 Å². The summed E-state index contributed by atoms with van der Waals surface area (Å²) in [6, 6.07) is 17.7. The fourth-order valence-electron chi connectivity index (χ4n) is 3.65. The maximum Gasteiger partial charge on any atom is 0.257 e. The quantitative estimate of drug-likeness (QED) is 0.597. The number of rotatable bonds is 5. The van der Waals surface area contributed by atoms with Gasteiger partial charge in [0, 0.05) is 5.56 Å². The minimum absolute atomic E-state index is 0.0602. The van der Waals surface area contributed by atoms with Gasteiger partial charge in [-0.15, -0.1) is 0 Å². The number of imide groups is 1. The summed E-state index contributed by atoms with van der Waals surface area (Å²) < 4.78 is 5.40. The lowest BCUT2D eigenvalue weighted by molar-refractivity contribution is -0.122. The molecule has 0 radical (unpaired) electrons. The van der Waals surface area contributed by atoms with Crippen molar-refractivity contribution in [2.24, 2.45) is 0 Å². The molecule has 154 valence electrons. The van der Waals surface area contributed by atoms with E-state index in [1.807, 2.05) is 19.1 Å². The number of benzene rings is 2. The third kappa shape index (κ3) is 3.96. The van der Waals surface area contributed by atoms with Gasteiger partial charge in [-0.25, -0.2) is 4.90 Å². The number of carbonyl (C=O) groups is 3. The summed E-state index contributed by atoms with van der Waals surface area (Å²) in [6.07, 6.45) is 1.37. The van der Waals surface area contributed by atoms with Crippen LogP contribution in [0.25, 0.3) is 0 Å².